The predicted molar refractivity (Wildman–Crippen MR) is 322 cm³/mol. The second kappa shape index (κ2) is 16.4. The molecule has 0 aliphatic carbocycles. The van der Waals surface area contributed by atoms with Gasteiger partial charge in [-0.3, -0.25) is 0 Å². The summed E-state index contributed by atoms with van der Waals surface area (Å²) in [5.41, 5.74) is 18.0. The fourth-order valence-electron chi connectivity index (χ4n) is 12.7. The second-order valence-electron chi connectivity index (χ2n) is 20.5. The number of hydrogen-bond acceptors (Lipinski definition) is 2. The molecule has 0 fully saturated rings. The molecule has 3 heteroatoms. The number of hydrogen-bond donors (Lipinski definition) is 0. The highest BCUT2D eigenvalue weighted by atomic mass is 15.2. The van der Waals surface area contributed by atoms with E-state index in [1.807, 2.05) is 0 Å². The Morgan fingerprint density at radius 3 is 1.11 bits per heavy atom. The van der Waals surface area contributed by atoms with Gasteiger partial charge in [-0.2, -0.15) is 0 Å². The zero-order valence-corrected chi connectivity index (χ0v) is 41.0. The van der Waals surface area contributed by atoms with Crippen molar-refractivity contribution in [2.24, 2.45) is 0 Å². The SMILES string of the molecule is c1ccc(-c2ccc(N3c4cc5c(ccc6ccccc65)cc4B4c5cc6ccc7ccccc7c6cc5N(c5ccc(-c6ccccc6)cc5)c5cc(-c6ccc7cc8ccccc8cc7c6)cc3c54)cc2)cc1. The molecule has 0 atom stereocenters. The third-order valence-electron chi connectivity index (χ3n) is 16.3. The Labute approximate surface area is 435 Å². The van der Waals surface area contributed by atoms with Gasteiger partial charge in [0.1, 0.15) is 0 Å². The standard InChI is InChI=1S/C72H45BN2/c1-3-13-46(14-4-1)48-29-33-60(34-30-48)74-68-44-64-56(27-23-50-17-9-11-21-62(50)64)40-66(68)73-67-41-57-28-24-51-18-10-12-22-63(51)65(57)45-69(67)75(61-35-31-49(32-36-61)47-15-5-2-6-16-47)71-43-59(42-70(74)72(71)73)55-26-25-54-37-52-19-7-8-20-53(52)38-58(54)39-55/h1-45H. The average molecular weight is 949 g/mol. The number of benzene rings is 14. The average Bonchev–Trinajstić information content (AvgIpc) is 3.49. The lowest BCUT2D eigenvalue weighted by atomic mass is 9.33. The number of fused-ring (bicyclic) bond motifs is 12. The minimum Gasteiger partial charge on any atom is -0.311 e. The van der Waals surface area contributed by atoms with Crippen LogP contribution in [0.5, 0.6) is 0 Å². The van der Waals surface area contributed by atoms with E-state index in [1.165, 1.54) is 137 Å². The molecule has 0 saturated heterocycles. The van der Waals surface area contributed by atoms with E-state index < -0.39 is 0 Å². The topological polar surface area (TPSA) is 6.48 Å². The van der Waals surface area contributed by atoms with Crippen LogP contribution in [0.1, 0.15) is 0 Å². The molecule has 0 spiro atoms. The van der Waals surface area contributed by atoms with Crippen LogP contribution in [0, 0.1) is 0 Å². The normalized spacial score (nSPS) is 12.7. The van der Waals surface area contributed by atoms with Crippen molar-refractivity contribution in [3.05, 3.63) is 273 Å². The van der Waals surface area contributed by atoms with Gasteiger partial charge in [-0.25, -0.2) is 0 Å². The molecule has 2 heterocycles. The van der Waals surface area contributed by atoms with Crippen LogP contribution in [0.15, 0.2) is 273 Å². The molecule has 16 rings (SSSR count). The van der Waals surface area contributed by atoms with Crippen molar-refractivity contribution < 1.29 is 0 Å². The van der Waals surface area contributed by atoms with Gasteiger partial charge in [0, 0.05) is 34.1 Å². The van der Waals surface area contributed by atoms with Crippen molar-refractivity contribution in [3.8, 4) is 33.4 Å². The molecule has 0 aromatic heterocycles. The first-order valence-corrected chi connectivity index (χ1v) is 26.1. The monoisotopic (exact) mass is 948 g/mol. The first-order chi connectivity index (χ1) is 37.1. The van der Waals surface area contributed by atoms with E-state index in [0.717, 1.165) is 11.4 Å². The maximum atomic E-state index is 2.58. The van der Waals surface area contributed by atoms with Gasteiger partial charge >= 0.3 is 0 Å². The summed E-state index contributed by atoms with van der Waals surface area (Å²) in [6.45, 7) is -0.0801. The third-order valence-corrected chi connectivity index (χ3v) is 16.3. The number of rotatable bonds is 5. The molecule has 14 aromatic carbocycles. The van der Waals surface area contributed by atoms with E-state index in [0.29, 0.717) is 0 Å². The molecule has 0 bridgehead atoms. The Bertz CT molecular complexity index is 4410. The summed E-state index contributed by atoms with van der Waals surface area (Å²) in [7, 11) is 0. The molecule has 2 aliphatic rings. The number of nitrogens with zero attached hydrogens (tertiary/aromatic N) is 2. The van der Waals surface area contributed by atoms with E-state index in [-0.39, 0.29) is 6.71 Å². The summed E-state index contributed by atoms with van der Waals surface area (Å²) < 4.78 is 0. The van der Waals surface area contributed by atoms with Crippen molar-refractivity contribution in [1.29, 1.82) is 0 Å². The Hall–Kier alpha value is -9.70. The third kappa shape index (κ3) is 6.61. The first-order valence-electron chi connectivity index (χ1n) is 26.1. The van der Waals surface area contributed by atoms with Gasteiger partial charge in [0.05, 0.1) is 0 Å². The lowest BCUT2D eigenvalue weighted by molar-refractivity contribution is 1.26. The van der Waals surface area contributed by atoms with Crippen LogP contribution in [0.25, 0.3) is 98.0 Å². The van der Waals surface area contributed by atoms with Gasteiger partial charge < -0.3 is 9.80 Å². The zero-order valence-electron chi connectivity index (χ0n) is 41.0. The zero-order chi connectivity index (χ0) is 49.1. The van der Waals surface area contributed by atoms with E-state index in [4.69, 9.17) is 0 Å². The summed E-state index contributed by atoms with van der Waals surface area (Å²) in [6.07, 6.45) is 0. The molecule has 0 radical (unpaired) electrons. The van der Waals surface area contributed by atoms with Crippen LogP contribution in [-0.4, -0.2) is 6.71 Å². The van der Waals surface area contributed by atoms with E-state index in [9.17, 15) is 0 Å². The molecule has 0 N–H and O–H groups in total. The molecule has 0 saturated carbocycles. The van der Waals surface area contributed by atoms with Gasteiger partial charge in [-0.1, -0.05) is 206 Å². The molecule has 0 unspecified atom stereocenters. The minimum absolute atomic E-state index is 0.0801. The fourth-order valence-corrected chi connectivity index (χ4v) is 12.7. The van der Waals surface area contributed by atoms with Crippen LogP contribution in [0.2, 0.25) is 0 Å². The lowest BCUT2D eigenvalue weighted by Crippen LogP contribution is -2.61. The maximum absolute atomic E-state index is 2.58. The van der Waals surface area contributed by atoms with E-state index in [2.05, 4.69) is 283 Å². The minimum atomic E-state index is -0.0801. The highest BCUT2D eigenvalue weighted by Gasteiger charge is 2.44. The van der Waals surface area contributed by atoms with Gasteiger partial charge in [0.2, 0.25) is 0 Å². The van der Waals surface area contributed by atoms with Crippen molar-refractivity contribution in [2.45, 2.75) is 0 Å². The summed E-state index contributed by atoms with van der Waals surface area (Å²) in [4.78, 5) is 5.16. The predicted octanol–water partition coefficient (Wildman–Crippen LogP) is 17.7. The molecule has 346 valence electrons. The Morgan fingerprint density at radius 2 is 0.600 bits per heavy atom. The molecule has 14 aromatic rings. The van der Waals surface area contributed by atoms with Crippen LogP contribution in [0.4, 0.5) is 34.1 Å². The number of anilines is 6. The van der Waals surface area contributed by atoms with Gasteiger partial charge in [-0.15, -0.1) is 0 Å². The molecule has 2 nitrogen and oxygen atoms in total. The summed E-state index contributed by atoms with van der Waals surface area (Å²) >= 11 is 0. The van der Waals surface area contributed by atoms with Crippen molar-refractivity contribution in [3.63, 3.8) is 0 Å². The van der Waals surface area contributed by atoms with Crippen LogP contribution in [-0.2, 0) is 0 Å². The van der Waals surface area contributed by atoms with Crippen LogP contribution < -0.4 is 26.2 Å². The highest BCUT2D eigenvalue weighted by Crippen LogP contribution is 2.49. The van der Waals surface area contributed by atoms with Gasteiger partial charge in [0.25, 0.3) is 6.71 Å². The van der Waals surface area contributed by atoms with Gasteiger partial charge in [0.15, 0.2) is 0 Å². The molecular formula is C72H45BN2. The van der Waals surface area contributed by atoms with Crippen molar-refractivity contribution in [1.82, 2.24) is 0 Å². The van der Waals surface area contributed by atoms with Gasteiger partial charge in [-0.05, 0) is 181 Å². The summed E-state index contributed by atoms with van der Waals surface area (Å²) in [6, 6.07) is 102. The molecule has 75 heavy (non-hydrogen) atoms. The molecule has 2 aliphatic heterocycles. The smallest absolute Gasteiger partial charge is 0.252 e. The van der Waals surface area contributed by atoms with Crippen LogP contribution >= 0.6 is 0 Å². The maximum Gasteiger partial charge on any atom is 0.252 e. The summed E-state index contributed by atoms with van der Waals surface area (Å²) in [5, 5.41) is 14.9. The Kier molecular flexibility index (Phi) is 9.16. The highest BCUT2D eigenvalue weighted by molar-refractivity contribution is 7.00. The van der Waals surface area contributed by atoms with E-state index in [1.54, 1.807) is 0 Å². The summed E-state index contributed by atoms with van der Waals surface area (Å²) in [5.74, 6) is 0. The fraction of sp³-hybridized carbons (Fsp3) is 0. The molecule has 0 amide bonds. The Balaban J connectivity index is 1.02. The van der Waals surface area contributed by atoms with E-state index >= 15 is 0 Å². The Morgan fingerprint density at radius 1 is 0.213 bits per heavy atom. The van der Waals surface area contributed by atoms with Crippen LogP contribution in [0.3, 0.4) is 0 Å². The van der Waals surface area contributed by atoms with Crippen molar-refractivity contribution in [2.75, 3.05) is 9.80 Å². The molecular weight excluding hydrogens is 904 g/mol. The second-order valence-corrected chi connectivity index (χ2v) is 20.5. The first kappa shape index (κ1) is 41.9. The largest absolute Gasteiger partial charge is 0.311 e. The quantitative estimate of drug-likeness (QED) is 0.0964. The van der Waals surface area contributed by atoms with Crippen molar-refractivity contribution >= 4 is 122 Å². The lowest BCUT2D eigenvalue weighted by Gasteiger charge is -2.45.